The zero-order valence-electron chi connectivity index (χ0n) is 8.16. The maximum Gasteiger partial charge on any atom is 0.0545 e. The highest BCUT2D eigenvalue weighted by atomic mass is 28.1. The van der Waals surface area contributed by atoms with E-state index in [9.17, 15) is 0 Å². The van der Waals surface area contributed by atoms with Crippen LogP contribution in [-0.2, 0) is 6.54 Å². The molecule has 0 amide bonds. The zero-order chi connectivity index (χ0) is 9.52. The van der Waals surface area contributed by atoms with E-state index < -0.39 is 0 Å². The number of rotatable bonds is 5. The highest BCUT2D eigenvalue weighted by Gasteiger charge is 1.98. The quantitative estimate of drug-likeness (QED) is 0.520. The molecule has 1 rings (SSSR count). The van der Waals surface area contributed by atoms with Crippen LogP contribution < -0.4 is 11.1 Å². The standard InChI is InChI=1S/C10H18N2Si/c11-10(6-7-13)12-8-9-4-2-1-3-5-9/h1-5,10,12H,6-8,11H2,13H3. The number of nitrogens with one attached hydrogen (secondary N) is 1. The van der Waals surface area contributed by atoms with Crippen LogP contribution in [0, 0.1) is 0 Å². The number of hydrogen-bond donors (Lipinski definition) is 2. The number of nitrogens with two attached hydrogens (primary N) is 1. The average Bonchev–Trinajstić information content (AvgIpc) is 2.17. The molecular weight excluding hydrogens is 176 g/mol. The third-order valence-corrected chi connectivity index (χ3v) is 2.59. The maximum absolute atomic E-state index is 5.84. The van der Waals surface area contributed by atoms with Gasteiger partial charge in [0.15, 0.2) is 0 Å². The van der Waals surface area contributed by atoms with E-state index in [0.29, 0.717) is 0 Å². The van der Waals surface area contributed by atoms with Crippen LogP contribution >= 0.6 is 0 Å². The van der Waals surface area contributed by atoms with E-state index in [4.69, 9.17) is 5.73 Å². The molecule has 0 aliphatic rings. The van der Waals surface area contributed by atoms with Crippen molar-refractivity contribution in [2.24, 2.45) is 5.73 Å². The van der Waals surface area contributed by atoms with Gasteiger partial charge in [-0.3, -0.25) is 5.32 Å². The van der Waals surface area contributed by atoms with Gasteiger partial charge in [0.1, 0.15) is 0 Å². The lowest BCUT2D eigenvalue weighted by atomic mass is 10.2. The third-order valence-electron chi connectivity index (χ3n) is 2.01. The minimum atomic E-state index is 0.165. The van der Waals surface area contributed by atoms with Crippen molar-refractivity contribution in [1.82, 2.24) is 5.32 Å². The molecule has 0 radical (unpaired) electrons. The Bertz CT molecular complexity index is 226. The van der Waals surface area contributed by atoms with Crippen LogP contribution in [0.1, 0.15) is 12.0 Å². The average molecular weight is 194 g/mol. The lowest BCUT2D eigenvalue weighted by Crippen LogP contribution is -2.36. The second kappa shape index (κ2) is 5.91. The summed E-state index contributed by atoms with van der Waals surface area (Å²) in [5.74, 6) is 0. The first kappa shape index (κ1) is 10.4. The molecule has 3 N–H and O–H groups in total. The summed E-state index contributed by atoms with van der Waals surface area (Å²) >= 11 is 0. The van der Waals surface area contributed by atoms with Crippen LogP contribution in [-0.4, -0.2) is 16.4 Å². The molecule has 0 bridgehead atoms. The Morgan fingerprint density at radius 1 is 1.31 bits per heavy atom. The van der Waals surface area contributed by atoms with Gasteiger partial charge in [0, 0.05) is 16.8 Å². The van der Waals surface area contributed by atoms with E-state index >= 15 is 0 Å². The molecule has 1 unspecified atom stereocenters. The first-order valence-electron chi connectivity index (χ1n) is 4.86. The maximum atomic E-state index is 5.84. The molecule has 1 aromatic carbocycles. The van der Waals surface area contributed by atoms with Gasteiger partial charge in [0.25, 0.3) is 0 Å². The molecule has 0 fully saturated rings. The van der Waals surface area contributed by atoms with E-state index in [2.05, 4.69) is 29.6 Å². The fraction of sp³-hybridized carbons (Fsp3) is 0.400. The van der Waals surface area contributed by atoms with Gasteiger partial charge in [0.05, 0.1) is 6.17 Å². The smallest absolute Gasteiger partial charge is 0.0545 e. The SMILES string of the molecule is NC(CC[SiH3])NCc1ccccc1. The largest absolute Gasteiger partial charge is 0.316 e. The van der Waals surface area contributed by atoms with Gasteiger partial charge in [-0.05, 0) is 12.0 Å². The van der Waals surface area contributed by atoms with E-state index in [-0.39, 0.29) is 6.17 Å². The van der Waals surface area contributed by atoms with Crippen molar-refractivity contribution in [3.63, 3.8) is 0 Å². The Morgan fingerprint density at radius 3 is 2.62 bits per heavy atom. The summed E-state index contributed by atoms with van der Waals surface area (Å²) < 4.78 is 0. The topological polar surface area (TPSA) is 38.0 Å². The van der Waals surface area contributed by atoms with Gasteiger partial charge in [-0.2, -0.15) is 0 Å². The molecule has 0 spiro atoms. The normalized spacial score (nSPS) is 13.0. The van der Waals surface area contributed by atoms with Crippen molar-refractivity contribution in [2.45, 2.75) is 25.2 Å². The van der Waals surface area contributed by atoms with Crippen molar-refractivity contribution in [3.8, 4) is 0 Å². The highest BCUT2D eigenvalue weighted by Crippen LogP contribution is 1.98. The summed E-state index contributed by atoms with van der Waals surface area (Å²) in [6.07, 6.45) is 1.26. The molecule has 1 aromatic rings. The predicted molar refractivity (Wildman–Crippen MR) is 60.6 cm³/mol. The van der Waals surface area contributed by atoms with Gasteiger partial charge >= 0.3 is 0 Å². The number of hydrogen-bond acceptors (Lipinski definition) is 2. The molecular formula is C10H18N2Si. The molecule has 0 aliphatic heterocycles. The van der Waals surface area contributed by atoms with Crippen molar-refractivity contribution in [2.75, 3.05) is 0 Å². The van der Waals surface area contributed by atoms with Crippen molar-refractivity contribution in [3.05, 3.63) is 35.9 Å². The fourth-order valence-corrected chi connectivity index (χ4v) is 1.88. The van der Waals surface area contributed by atoms with E-state index in [0.717, 1.165) is 13.0 Å². The van der Waals surface area contributed by atoms with Crippen LogP contribution in [0.25, 0.3) is 0 Å². The fourth-order valence-electron chi connectivity index (χ4n) is 1.26. The second-order valence-corrected chi connectivity index (χ2v) is 4.26. The first-order chi connectivity index (χ1) is 6.33. The number of benzene rings is 1. The summed E-state index contributed by atoms with van der Waals surface area (Å²) in [5.41, 5.74) is 7.14. The Balaban J connectivity index is 2.27. The highest BCUT2D eigenvalue weighted by molar-refractivity contribution is 6.08. The lowest BCUT2D eigenvalue weighted by molar-refractivity contribution is 0.513. The summed E-state index contributed by atoms with van der Waals surface area (Å²) in [4.78, 5) is 0. The predicted octanol–water partition coefficient (Wildman–Crippen LogP) is 0.235. The Hall–Kier alpha value is -0.643. The van der Waals surface area contributed by atoms with Crippen molar-refractivity contribution < 1.29 is 0 Å². The summed E-state index contributed by atoms with van der Waals surface area (Å²) in [5, 5.41) is 3.30. The molecule has 0 heterocycles. The Morgan fingerprint density at radius 2 is 2.00 bits per heavy atom. The summed E-state index contributed by atoms with van der Waals surface area (Å²) in [6, 6.07) is 11.6. The van der Waals surface area contributed by atoms with E-state index in [1.807, 2.05) is 6.07 Å². The molecule has 72 valence electrons. The minimum absolute atomic E-state index is 0.165. The summed E-state index contributed by atoms with van der Waals surface area (Å²) in [7, 11) is 1.24. The van der Waals surface area contributed by atoms with E-state index in [1.54, 1.807) is 0 Å². The monoisotopic (exact) mass is 194 g/mol. The van der Waals surface area contributed by atoms with Gasteiger partial charge in [-0.25, -0.2) is 0 Å². The lowest BCUT2D eigenvalue weighted by Gasteiger charge is -2.12. The molecule has 2 nitrogen and oxygen atoms in total. The van der Waals surface area contributed by atoms with Gasteiger partial charge in [-0.15, -0.1) is 0 Å². The Labute approximate surface area is 83.0 Å². The van der Waals surface area contributed by atoms with E-state index in [1.165, 1.54) is 21.9 Å². The second-order valence-electron chi connectivity index (χ2n) is 3.26. The first-order valence-corrected chi connectivity index (χ1v) is 6.27. The van der Waals surface area contributed by atoms with Gasteiger partial charge in [-0.1, -0.05) is 36.4 Å². The molecule has 0 saturated carbocycles. The van der Waals surface area contributed by atoms with Crippen LogP contribution in [0.4, 0.5) is 0 Å². The van der Waals surface area contributed by atoms with Crippen LogP contribution in [0.15, 0.2) is 30.3 Å². The molecule has 0 saturated heterocycles. The minimum Gasteiger partial charge on any atom is -0.316 e. The molecule has 0 aliphatic carbocycles. The van der Waals surface area contributed by atoms with Crippen LogP contribution in [0.5, 0.6) is 0 Å². The van der Waals surface area contributed by atoms with Crippen LogP contribution in [0.2, 0.25) is 6.04 Å². The van der Waals surface area contributed by atoms with Gasteiger partial charge in [0.2, 0.25) is 0 Å². The summed E-state index contributed by atoms with van der Waals surface area (Å²) in [6.45, 7) is 0.879. The molecule has 0 aromatic heterocycles. The molecule has 3 heteroatoms. The van der Waals surface area contributed by atoms with Gasteiger partial charge < -0.3 is 5.73 Å². The third kappa shape index (κ3) is 4.22. The molecule has 13 heavy (non-hydrogen) atoms. The Kier molecular flexibility index (Phi) is 4.75. The zero-order valence-corrected chi connectivity index (χ0v) is 10.2. The molecule has 1 atom stereocenters. The van der Waals surface area contributed by atoms with Crippen molar-refractivity contribution in [1.29, 1.82) is 0 Å². The van der Waals surface area contributed by atoms with Crippen molar-refractivity contribution >= 4 is 10.2 Å². The van der Waals surface area contributed by atoms with Crippen LogP contribution in [0.3, 0.4) is 0 Å².